The molecule has 1 unspecified atom stereocenters. The number of ether oxygens (including phenoxy) is 2. The molecule has 0 aromatic rings. The van der Waals surface area contributed by atoms with Gasteiger partial charge in [-0.3, -0.25) is 4.79 Å². The zero-order valence-electron chi connectivity index (χ0n) is 7.20. The average molecular weight is 209 g/mol. The first kappa shape index (κ1) is 11.9. The number of carbonyl (C=O) groups excluding carboxylic acids is 3. The highest BCUT2D eigenvalue weighted by molar-refractivity contribution is 6.61. The second kappa shape index (κ2) is 5.53. The Balaban J connectivity index is 4.32. The molecule has 74 valence electrons. The van der Waals surface area contributed by atoms with E-state index in [1.807, 2.05) is 0 Å². The van der Waals surface area contributed by atoms with E-state index in [9.17, 15) is 14.4 Å². The molecule has 1 atom stereocenters. The Bertz CT molecular complexity index is 225. The number of rotatable bonds is 4. The molecule has 0 aliphatic carbocycles. The van der Waals surface area contributed by atoms with Gasteiger partial charge in [-0.2, -0.15) is 0 Å². The minimum atomic E-state index is -1.55. The average Bonchev–Trinajstić information content (AvgIpc) is 1.99. The van der Waals surface area contributed by atoms with Gasteiger partial charge in [0.1, 0.15) is 0 Å². The molecule has 0 heterocycles. The molecule has 0 bridgehead atoms. The molecule has 13 heavy (non-hydrogen) atoms. The van der Waals surface area contributed by atoms with E-state index in [0.29, 0.717) is 0 Å². The number of esters is 1. The van der Waals surface area contributed by atoms with E-state index in [1.165, 1.54) is 0 Å². The van der Waals surface area contributed by atoms with Gasteiger partial charge in [0.2, 0.25) is 0 Å². The first-order valence-electron chi connectivity index (χ1n) is 3.52. The molecule has 0 aliphatic heterocycles. The van der Waals surface area contributed by atoms with Gasteiger partial charge in [0.25, 0.3) is 6.10 Å². The summed E-state index contributed by atoms with van der Waals surface area (Å²) in [4.78, 5) is 32.0. The summed E-state index contributed by atoms with van der Waals surface area (Å²) >= 11 is 4.84. The number of hydrogen-bond acceptors (Lipinski definition) is 5. The van der Waals surface area contributed by atoms with E-state index in [4.69, 9.17) is 11.6 Å². The van der Waals surface area contributed by atoms with Gasteiger partial charge in [0, 0.05) is 11.6 Å². The fourth-order valence-electron chi connectivity index (χ4n) is 0.608. The Morgan fingerprint density at radius 2 is 1.92 bits per heavy atom. The van der Waals surface area contributed by atoms with E-state index in [1.54, 1.807) is 6.92 Å². The number of halogens is 1. The first-order chi connectivity index (χ1) is 5.99. The second-order valence-corrected chi connectivity index (χ2v) is 2.41. The summed E-state index contributed by atoms with van der Waals surface area (Å²) in [5.41, 5.74) is -1.21. The van der Waals surface area contributed by atoms with Crippen LogP contribution in [0.2, 0.25) is 0 Å². The highest BCUT2D eigenvalue weighted by Crippen LogP contribution is 2.01. The quantitative estimate of drug-likeness (QED) is 0.390. The number of ketones is 1. The van der Waals surface area contributed by atoms with Crippen LogP contribution in [0.15, 0.2) is 0 Å². The molecule has 0 amide bonds. The summed E-state index contributed by atoms with van der Waals surface area (Å²) in [6.07, 6.45) is -1.55. The summed E-state index contributed by atoms with van der Waals surface area (Å²) in [7, 11) is 0. The Hall–Kier alpha value is -1.10. The maximum atomic E-state index is 10.9. The SMILES string of the molecule is CCOC(=O)C(OC(=O)Cl)C(C)=O. The Kier molecular flexibility index (Phi) is 5.06. The molecule has 6 heteroatoms. The third-order valence-electron chi connectivity index (χ3n) is 1.08. The van der Waals surface area contributed by atoms with E-state index in [-0.39, 0.29) is 6.61 Å². The smallest absolute Gasteiger partial charge is 0.405 e. The van der Waals surface area contributed by atoms with Gasteiger partial charge in [-0.05, 0) is 13.8 Å². The maximum absolute atomic E-state index is 10.9. The van der Waals surface area contributed by atoms with Crippen molar-refractivity contribution in [2.45, 2.75) is 20.0 Å². The zero-order valence-corrected chi connectivity index (χ0v) is 7.96. The van der Waals surface area contributed by atoms with E-state index in [0.717, 1.165) is 6.92 Å². The van der Waals surface area contributed by atoms with Crippen molar-refractivity contribution < 1.29 is 23.9 Å². The molecule has 0 aromatic carbocycles. The van der Waals surface area contributed by atoms with Crippen LogP contribution in [-0.4, -0.2) is 29.9 Å². The molecule has 0 rings (SSSR count). The predicted octanol–water partition coefficient (Wildman–Crippen LogP) is 0.883. The van der Waals surface area contributed by atoms with Gasteiger partial charge in [-0.25, -0.2) is 9.59 Å². The van der Waals surface area contributed by atoms with Crippen LogP contribution in [0, 0.1) is 0 Å². The van der Waals surface area contributed by atoms with Crippen LogP contribution >= 0.6 is 11.6 Å². The van der Waals surface area contributed by atoms with Crippen LogP contribution in [-0.2, 0) is 19.1 Å². The lowest BCUT2D eigenvalue weighted by atomic mass is 10.2. The van der Waals surface area contributed by atoms with Crippen LogP contribution in [0.4, 0.5) is 4.79 Å². The normalized spacial score (nSPS) is 11.6. The van der Waals surface area contributed by atoms with Crippen LogP contribution in [0.25, 0.3) is 0 Å². The fourth-order valence-corrected chi connectivity index (χ4v) is 0.697. The van der Waals surface area contributed by atoms with Crippen molar-refractivity contribution in [1.29, 1.82) is 0 Å². The van der Waals surface area contributed by atoms with Crippen LogP contribution < -0.4 is 0 Å². The van der Waals surface area contributed by atoms with Crippen LogP contribution in [0.3, 0.4) is 0 Å². The summed E-state index contributed by atoms with van der Waals surface area (Å²) in [6, 6.07) is 0. The van der Waals surface area contributed by atoms with E-state index < -0.39 is 23.3 Å². The molecule has 0 radical (unpaired) electrons. The van der Waals surface area contributed by atoms with Gasteiger partial charge >= 0.3 is 11.4 Å². The maximum Gasteiger partial charge on any atom is 0.405 e. The number of Topliss-reactive ketones (excluding diaryl/α,β-unsaturated/α-hetero) is 1. The summed E-state index contributed by atoms with van der Waals surface area (Å²) in [5.74, 6) is -1.54. The number of carbonyl (C=O) groups is 3. The molecular weight excluding hydrogens is 200 g/mol. The molecule has 0 aromatic heterocycles. The topological polar surface area (TPSA) is 69.7 Å². The van der Waals surface area contributed by atoms with Crippen molar-refractivity contribution in [3.63, 3.8) is 0 Å². The Morgan fingerprint density at radius 1 is 1.38 bits per heavy atom. The Morgan fingerprint density at radius 3 is 2.23 bits per heavy atom. The zero-order chi connectivity index (χ0) is 10.4. The molecular formula is C7H9ClO5. The van der Waals surface area contributed by atoms with E-state index >= 15 is 0 Å². The monoisotopic (exact) mass is 208 g/mol. The summed E-state index contributed by atoms with van der Waals surface area (Å²) in [6.45, 7) is 2.77. The molecule has 0 saturated carbocycles. The van der Waals surface area contributed by atoms with Crippen LogP contribution in [0.5, 0.6) is 0 Å². The predicted molar refractivity (Wildman–Crippen MR) is 43.4 cm³/mol. The van der Waals surface area contributed by atoms with Crippen molar-refractivity contribution in [2.75, 3.05) is 6.61 Å². The van der Waals surface area contributed by atoms with Gasteiger partial charge < -0.3 is 9.47 Å². The molecule has 0 fully saturated rings. The third-order valence-corrected chi connectivity index (χ3v) is 1.17. The lowest BCUT2D eigenvalue weighted by Crippen LogP contribution is -2.33. The minimum absolute atomic E-state index is 0.0997. The fraction of sp³-hybridized carbons (Fsp3) is 0.571. The number of hydrogen-bond donors (Lipinski definition) is 0. The molecule has 0 spiro atoms. The lowest BCUT2D eigenvalue weighted by Gasteiger charge is -2.10. The molecule has 5 nitrogen and oxygen atoms in total. The third kappa shape index (κ3) is 4.47. The van der Waals surface area contributed by atoms with Gasteiger partial charge in [0.15, 0.2) is 5.78 Å². The van der Waals surface area contributed by atoms with Gasteiger partial charge in [-0.15, -0.1) is 0 Å². The second-order valence-electron chi connectivity index (χ2n) is 2.10. The lowest BCUT2D eigenvalue weighted by molar-refractivity contribution is -0.156. The summed E-state index contributed by atoms with van der Waals surface area (Å²) < 4.78 is 8.70. The highest BCUT2D eigenvalue weighted by atomic mass is 35.5. The molecule has 0 aliphatic rings. The van der Waals surface area contributed by atoms with Gasteiger partial charge in [0.05, 0.1) is 6.61 Å². The standard InChI is InChI=1S/C7H9ClO5/c1-3-12-6(10)5(4(2)9)13-7(8)11/h5H,3H2,1-2H3. The van der Waals surface area contributed by atoms with Crippen LogP contribution in [0.1, 0.15) is 13.8 Å². The molecule has 0 N–H and O–H groups in total. The minimum Gasteiger partial charge on any atom is -0.463 e. The molecule has 0 saturated heterocycles. The van der Waals surface area contributed by atoms with Crippen molar-refractivity contribution in [3.8, 4) is 0 Å². The van der Waals surface area contributed by atoms with Crippen molar-refractivity contribution >= 4 is 28.8 Å². The Labute approximate surface area is 79.9 Å². The van der Waals surface area contributed by atoms with E-state index in [2.05, 4.69) is 9.47 Å². The highest BCUT2D eigenvalue weighted by Gasteiger charge is 2.28. The first-order valence-corrected chi connectivity index (χ1v) is 3.90. The van der Waals surface area contributed by atoms with Crippen molar-refractivity contribution in [3.05, 3.63) is 0 Å². The summed E-state index contributed by atoms with van der Waals surface area (Å²) in [5, 5.41) is 0. The largest absolute Gasteiger partial charge is 0.463 e. The van der Waals surface area contributed by atoms with Gasteiger partial charge in [-0.1, -0.05) is 0 Å². The van der Waals surface area contributed by atoms with Crippen molar-refractivity contribution in [1.82, 2.24) is 0 Å². The van der Waals surface area contributed by atoms with Crippen molar-refractivity contribution in [2.24, 2.45) is 0 Å².